The summed E-state index contributed by atoms with van der Waals surface area (Å²) < 4.78 is 0. The Morgan fingerprint density at radius 2 is 2.03 bits per heavy atom. The molecule has 0 aliphatic carbocycles. The zero-order chi connectivity index (χ0) is 20.2. The standard InChI is InChI=1S/C21H21N5O2S/c1-14-22-21(25-24-14)15-5-4-6-16(13-15)23-19(27)9-10-20(28)26-11-12-29-18-8-3-2-7-17(18)26/h2-8,13H,9-12H2,1H3,(H,23,27)(H,22,24,25). The molecule has 3 aromatic rings. The minimum atomic E-state index is -0.193. The molecule has 0 bridgehead atoms. The molecule has 0 atom stereocenters. The molecular weight excluding hydrogens is 386 g/mol. The third-order valence-corrected chi connectivity index (χ3v) is 5.64. The van der Waals surface area contributed by atoms with Crippen LogP contribution in [-0.2, 0) is 9.59 Å². The van der Waals surface area contributed by atoms with Crippen LogP contribution in [-0.4, -0.2) is 39.3 Å². The Kier molecular flexibility index (Phi) is 5.62. The minimum absolute atomic E-state index is 0.0298. The first-order chi connectivity index (χ1) is 14.1. The van der Waals surface area contributed by atoms with Gasteiger partial charge in [0.2, 0.25) is 11.8 Å². The Morgan fingerprint density at radius 1 is 1.17 bits per heavy atom. The smallest absolute Gasteiger partial charge is 0.227 e. The normalized spacial score (nSPS) is 13.1. The van der Waals surface area contributed by atoms with Gasteiger partial charge in [-0.25, -0.2) is 4.98 Å². The number of amides is 2. The van der Waals surface area contributed by atoms with Crippen molar-refractivity contribution in [3.63, 3.8) is 0 Å². The van der Waals surface area contributed by atoms with Crippen molar-refractivity contribution in [3.05, 3.63) is 54.4 Å². The summed E-state index contributed by atoms with van der Waals surface area (Å²) in [5.74, 6) is 1.95. The van der Waals surface area contributed by atoms with Crippen LogP contribution in [0.15, 0.2) is 53.4 Å². The fourth-order valence-electron chi connectivity index (χ4n) is 3.22. The Morgan fingerprint density at radius 3 is 2.86 bits per heavy atom. The summed E-state index contributed by atoms with van der Waals surface area (Å²) in [5, 5.41) is 9.80. The summed E-state index contributed by atoms with van der Waals surface area (Å²) in [6.07, 6.45) is 0.305. The molecule has 2 N–H and O–H groups in total. The van der Waals surface area contributed by atoms with Crippen molar-refractivity contribution in [2.75, 3.05) is 22.5 Å². The number of aromatic nitrogens is 3. The third-order valence-electron chi connectivity index (χ3n) is 4.60. The van der Waals surface area contributed by atoms with E-state index in [0.29, 0.717) is 18.1 Å². The highest BCUT2D eigenvalue weighted by Gasteiger charge is 2.22. The second kappa shape index (κ2) is 8.48. The fourth-order valence-corrected chi connectivity index (χ4v) is 4.21. The highest BCUT2D eigenvalue weighted by Crippen LogP contribution is 2.34. The van der Waals surface area contributed by atoms with Crippen molar-refractivity contribution in [2.45, 2.75) is 24.7 Å². The molecule has 148 valence electrons. The predicted octanol–water partition coefficient (Wildman–Crippen LogP) is 3.64. The molecule has 29 heavy (non-hydrogen) atoms. The van der Waals surface area contributed by atoms with Crippen LogP contribution >= 0.6 is 11.8 Å². The molecule has 8 heteroatoms. The molecule has 2 heterocycles. The Bertz CT molecular complexity index is 1050. The average molecular weight is 407 g/mol. The first kappa shape index (κ1) is 19.2. The summed E-state index contributed by atoms with van der Waals surface area (Å²) in [6, 6.07) is 15.2. The molecule has 0 saturated carbocycles. The molecule has 2 aromatic carbocycles. The van der Waals surface area contributed by atoms with Crippen LogP contribution < -0.4 is 10.2 Å². The van der Waals surface area contributed by atoms with Crippen molar-refractivity contribution in [3.8, 4) is 11.4 Å². The Hall–Kier alpha value is -3.13. The monoisotopic (exact) mass is 407 g/mol. The first-order valence-corrected chi connectivity index (χ1v) is 10.4. The van der Waals surface area contributed by atoms with Gasteiger partial charge in [-0.1, -0.05) is 24.3 Å². The van der Waals surface area contributed by atoms with Crippen LogP contribution in [0.1, 0.15) is 18.7 Å². The van der Waals surface area contributed by atoms with Gasteiger partial charge in [-0.05, 0) is 31.2 Å². The number of H-pyrrole nitrogens is 1. The lowest BCUT2D eigenvalue weighted by Crippen LogP contribution is -2.35. The van der Waals surface area contributed by atoms with Gasteiger partial charge in [0.25, 0.3) is 0 Å². The summed E-state index contributed by atoms with van der Waals surface area (Å²) in [7, 11) is 0. The summed E-state index contributed by atoms with van der Waals surface area (Å²) in [4.78, 5) is 32.2. The Labute approximate surface area is 172 Å². The molecule has 2 amide bonds. The zero-order valence-corrected chi connectivity index (χ0v) is 16.8. The molecule has 1 aliphatic heterocycles. The van der Waals surface area contributed by atoms with E-state index in [-0.39, 0.29) is 24.7 Å². The van der Waals surface area contributed by atoms with Crippen LogP contribution in [0.4, 0.5) is 11.4 Å². The lowest BCUT2D eigenvalue weighted by Gasteiger charge is -2.29. The van der Waals surface area contributed by atoms with E-state index in [0.717, 1.165) is 27.7 Å². The van der Waals surface area contributed by atoms with E-state index in [4.69, 9.17) is 0 Å². The molecule has 4 rings (SSSR count). The number of aryl methyl sites for hydroxylation is 1. The highest BCUT2D eigenvalue weighted by atomic mass is 32.2. The SMILES string of the molecule is Cc1nc(-c2cccc(NC(=O)CCC(=O)N3CCSc4ccccc43)c2)n[nH]1. The molecule has 0 spiro atoms. The number of anilines is 2. The number of para-hydroxylation sites is 1. The predicted molar refractivity (Wildman–Crippen MR) is 114 cm³/mol. The van der Waals surface area contributed by atoms with Crippen molar-refractivity contribution in [1.82, 2.24) is 15.2 Å². The van der Waals surface area contributed by atoms with Crippen molar-refractivity contribution in [1.29, 1.82) is 0 Å². The van der Waals surface area contributed by atoms with E-state index in [9.17, 15) is 9.59 Å². The van der Waals surface area contributed by atoms with E-state index in [2.05, 4.69) is 20.5 Å². The first-order valence-electron chi connectivity index (χ1n) is 9.41. The van der Waals surface area contributed by atoms with Crippen molar-refractivity contribution >= 4 is 35.0 Å². The summed E-state index contributed by atoms with van der Waals surface area (Å²) >= 11 is 1.75. The van der Waals surface area contributed by atoms with E-state index >= 15 is 0 Å². The van der Waals surface area contributed by atoms with Crippen molar-refractivity contribution < 1.29 is 9.59 Å². The molecular formula is C21H21N5O2S. The van der Waals surface area contributed by atoms with Crippen LogP contribution in [0.5, 0.6) is 0 Å². The van der Waals surface area contributed by atoms with Crippen LogP contribution in [0.3, 0.4) is 0 Å². The number of carbonyl (C=O) groups is 2. The number of benzene rings is 2. The fraction of sp³-hybridized carbons (Fsp3) is 0.238. The van der Waals surface area contributed by atoms with Gasteiger partial charge in [-0.15, -0.1) is 11.8 Å². The van der Waals surface area contributed by atoms with Gasteiger partial charge < -0.3 is 10.2 Å². The second-order valence-corrected chi connectivity index (χ2v) is 7.87. The summed E-state index contributed by atoms with van der Waals surface area (Å²) in [5.41, 5.74) is 2.40. The maximum atomic E-state index is 12.7. The van der Waals surface area contributed by atoms with Gasteiger partial charge in [-0.3, -0.25) is 14.7 Å². The Balaban J connectivity index is 1.36. The van der Waals surface area contributed by atoms with E-state index in [1.165, 1.54) is 0 Å². The van der Waals surface area contributed by atoms with Crippen molar-refractivity contribution in [2.24, 2.45) is 0 Å². The molecule has 0 saturated heterocycles. The molecule has 0 radical (unpaired) electrons. The maximum absolute atomic E-state index is 12.7. The topological polar surface area (TPSA) is 91.0 Å². The van der Waals surface area contributed by atoms with Gasteiger partial charge in [-0.2, -0.15) is 5.10 Å². The van der Waals surface area contributed by atoms with Gasteiger partial charge in [0.05, 0.1) is 5.69 Å². The number of rotatable bonds is 5. The van der Waals surface area contributed by atoms with Gasteiger partial charge in [0.1, 0.15) is 5.82 Å². The lowest BCUT2D eigenvalue weighted by atomic mass is 10.2. The third kappa shape index (κ3) is 4.48. The molecule has 0 fully saturated rings. The van der Waals surface area contributed by atoms with E-state index < -0.39 is 0 Å². The van der Waals surface area contributed by atoms with Crippen LogP contribution in [0, 0.1) is 6.92 Å². The second-order valence-electron chi connectivity index (χ2n) is 6.73. The molecule has 0 unspecified atom stereocenters. The maximum Gasteiger partial charge on any atom is 0.227 e. The van der Waals surface area contributed by atoms with Crippen LogP contribution in [0.25, 0.3) is 11.4 Å². The number of fused-ring (bicyclic) bond motifs is 1. The quantitative estimate of drug-likeness (QED) is 0.674. The number of aromatic amines is 1. The van der Waals surface area contributed by atoms with E-state index in [1.54, 1.807) is 22.7 Å². The molecule has 1 aromatic heterocycles. The number of nitrogens with zero attached hydrogens (tertiary/aromatic N) is 3. The highest BCUT2D eigenvalue weighted by molar-refractivity contribution is 7.99. The van der Waals surface area contributed by atoms with E-state index in [1.807, 2.05) is 49.4 Å². The number of thioether (sulfide) groups is 1. The number of hydrogen-bond acceptors (Lipinski definition) is 5. The van der Waals surface area contributed by atoms with Gasteiger partial charge in [0, 0.05) is 41.3 Å². The average Bonchev–Trinajstić information content (AvgIpc) is 3.18. The minimum Gasteiger partial charge on any atom is -0.326 e. The summed E-state index contributed by atoms with van der Waals surface area (Å²) in [6.45, 7) is 2.50. The lowest BCUT2D eigenvalue weighted by molar-refractivity contribution is -0.122. The zero-order valence-electron chi connectivity index (χ0n) is 16.0. The number of nitrogens with one attached hydrogen (secondary N) is 2. The largest absolute Gasteiger partial charge is 0.326 e. The van der Waals surface area contributed by atoms with Gasteiger partial charge >= 0.3 is 0 Å². The number of carbonyl (C=O) groups excluding carboxylic acids is 2. The van der Waals surface area contributed by atoms with Crippen LogP contribution in [0.2, 0.25) is 0 Å². The van der Waals surface area contributed by atoms with Gasteiger partial charge in [0.15, 0.2) is 5.82 Å². The molecule has 7 nitrogen and oxygen atoms in total. The molecule has 1 aliphatic rings. The number of hydrogen-bond donors (Lipinski definition) is 2.